The summed E-state index contributed by atoms with van der Waals surface area (Å²) in [6.45, 7) is -0.0529. The van der Waals surface area contributed by atoms with Gasteiger partial charge in [0.15, 0.2) is 5.82 Å². The number of rotatable bonds is 3. The van der Waals surface area contributed by atoms with E-state index in [2.05, 4.69) is 10.1 Å². The highest BCUT2D eigenvalue weighted by Crippen LogP contribution is 2.35. The zero-order valence-corrected chi connectivity index (χ0v) is 10.6. The second-order valence-electron chi connectivity index (χ2n) is 4.70. The number of aromatic nitrogens is 3. The Labute approximate surface area is 113 Å². The Morgan fingerprint density at radius 1 is 1.55 bits per heavy atom. The molecule has 0 aliphatic carbocycles. The molecule has 8 heteroatoms. The van der Waals surface area contributed by atoms with Crippen molar-refractivity contribution < 1.29 is 19.7 Å². The van der Waals surface area contributed by atoms with Gasteiger partial charge in [-0.1, -0.05) is 0 Å². The maximum absolute atomic E-state index is 11.3. The molecule has 0 aromatic carbocycles. The minimum absolute atomic E-state index is 0.0501. The van der Waals surface area contributed by atoms with Gasteiger partial charge in [-0.15, -0.1) is 0 Å². The van der Waals surface area contributed by atoms with Crippen molar-refractivity contribution in [1.29, 1.82) is 0 Å². The van der Waals surface area contributed by atoms with Gasteiger partial charge in [0.1, 0.15) is 17.9 Å². The Bertz CT molecular complexity index is 669. The van der Waals surface area contributed by atoms with Gasteiger partial charge in [-0.2, -0.15) is 5.10 Å². The Balaban J connectivity index is 2.12. The number of nitrogens with zero attached hydrogens (tertiary/aromatic N) is 3. The molecule has 0 saturated carbocycles. The van der Waals surface area contributed by atoms with E-state index < -0.39 is 5.97 Å². The lowest BCUT2D eigenvalue weighted by Gasteiger charge is -2.11. The predicted molar refractivity (Wildman–Crippen MR) is 68.3 cm³/mol. The van der Waals surface area contributed by atoms with Crippen molar-refractivity contribution in [2.24, 2.45) is 0 Å². The molecule has 8 nitrogen and oxygen atoms in total. The quantitative estimate of drug-likeness (QED) is 0.733. The second-order valence-corrected chi connectivity index (χ2v) is 4.70. The topological polar surface area (TPSA) is 123 Å². The molecule has 2 aromatic rings. The zero-order valence-electron chi connectivity index (χ0n) is 10.6. The molecule has 3 heterocycles. The van der Waals surface area contributed by atoms with Crippen LogP contribution in [0.15, 0.2) is 12.4 Å². The molecule has 4 N–H and O–H groups in total. The minimum atomic E-state index is -1.09. The van der Waals surface area contributed by atoms with Crippen molar-refractivity contribution in [2.45, 2.75) is 25.0 Å². The number of ether oxygens (including phenoxy) is 1. The van der Waals surface area contributed by atoms with Gasteiger partial charge in [-0.25, -0.2) is 14.3 Å². The summed E-state index contributed by atoms with van der Waals surface area (Å²) < 4.78 is 7.13. The first-order valence-corrected chi connectivity index (χ1v) is 6.23. The summed E-state index contributed by atoms with van der Waals surface area (Å²) in [7, 11) is 0. The summed E-state index contributed by atoms with van der Waals surface area (Å²) in [5.41, 5.74) is 6.68. The van der Waals surface area contributed by atoms with Gasteiger partial charge < -0.3 is 20.7 Å². The molecule has 2 aromatic heterocycles. The average Bonchev–Trinajstić information content (AvgIpc) is 3.02. The first kappa shape index (κ1) is 12.8. The summed E-state index contributed by atoms with van der Waals surface area (Å²) >= 11 is 0. The van der Waals surface area contributed by atoms with Crippen LogP contribution in [0.2, 0.25) is 0 Å². The number of carbonyl (C=O) groups is 1. The Hall–Kier alpha value is -2.19. The molecule has 3 rings (SSSR count). The van der Waals surface area contributed by atoms with Crippen molar-refractivity contribution in [1.82, 2.24) is 14.6 Å². The van der Waals surface area contributed by atoms with Crippen LogP contribution in [-0.4, -0.2) is 43.5 Å². The second kappa shape index (κ2) is 4.73. The fourth-order valence-electron chi connectivity index (χ4n) is 2.54. The van der Waals surface area contributed by atoms with E-state index >= 15 is 0 Å². The number of nitrogens with two attached hydrogens (primary N) is 1. The number of nitrogen functional groups attached to an aromatic ring is 1. The molecule has 0 spiro atoms. The van der Waals surface area contributed by atoms with E-state index in [1.54, 1.807) is 0 Å². The number of carboxylic acids is 1. The first-order chi connectivity index (χ1) is 9.61. The van der Waals surface area contributed by atoms with Crippen LogP contribution in [0.5, 0.6) is 0 Å². The third-order valence-corrected chi connectivity index (χ3v) is 3.48. The molecule has 106 valence electrons. The van der Waals surface area contributed by atoms with Gasteiger partial charge in [0.05, 0.1) is 24.0 Å². The normalized spacial score (nSPS) is 22.4. The number of aromatic carboxylic acids is 1. The van der Waals surface area contributed by atoms with Crippen LogP contribution in [-0.2, 0) is 4.74 Å². The third-order valence-electron chi connectivity index (χ3n) is 3.48. The van der Waals surface area contributed by atoms with Gasteiger partial charge in [0, 0.05) is 0 Å². The molecule has 0 amide bonds. The number of fused-ring (bicyclic) bond motifs is 1. The fourth-order valence-corrected chi connectivity index (χ4v) is 2.54. The van der Waals surface area contributed by atoms with E-state index in [9.17, 15) is 9.90 Å². The van der Waals surface area contributed by atoms with Crippen LogP contribution in [0, 0.1) is 0 Å². The summed E-state index contributed by atoms with van der Waals surface area (Å²) in [5.74, 6) is -0.979. The summed E-state index contributed by atoms with van der Waals surface area (Å²) in [6.07, 6.45) is 2.16. The van der Waals surface area contributed by atoms with Crippen LogP contribution >= 0.6 is 0 Å². The van der Waals surface area contributed by atoms with Crippen LogP contribution in [0.3, 0.4) is 0 Å². The molecule has 20 heavy (non-hydrogen) atoms. The van der Waals surface area contributed by atoms with Gasteiger partial charge in [-0.3, -0.25) is 0 Å². The van der Waals surface area contributed by atoms with E-state index in [4.69, 9.17) is 15.6 Å². The number of carboxylic acid groups (broad SMARTS) is 1. The molecule has 1 aliphatic heterocycles. The number of anilines is 1. The predicted octanol–water partition coefficient (Wildman–Crippen LogP) is 0.222. The molecule has 1 saturated heterocycles. The molecule has 1 fully saturated rings. The van der Waals surface area contributed by atoms with Crippen molar-refractivity contribution in [2.75, 3.05) is 12.3 Å². The molecular formula is C12H14N4O4. The molecule has 0 unspecified atom stereocenters. The summed E-state index contributed by atoms with van der Waals surface area (Å²) in [4.78, 5) is 15.1. The van der Waals surface area contributed by atoms with Crippen molar-refractivity contribution in [3.63, 3.8) is 0 Å². The smallest absolute Gasteiger partial charge is 0.338 e. The third kappa shape index (κ3) is 1.89. The lowest BCUT2D eigenvalue weighted by molar-refractivity contribution is 0.00855. The average molecular weight is 278 g/mol. The van der Waals surface area contributed by atoms with Crippen LogP contribution in [0.25, 0.3) is 5.52 Å². The van der Waals surface area contributed by atoms with Crippen molar-refractivity contribution >= 4 is 17.3 Å². The Morgan fingerprint density at radius 2 is 2.35 bits per heavy atom. The van der Waals surface area contributed by atoms with Crippen LogP contribution in [0.1, 0.15) is 35.0 Å². The van der Waals surface area contributed by atoms with Gasteiger partial charge in [0.2, 0.25) is 0 Å². The van der Waals surface area contributed by atoms with Crippen molar-refractivity contribution in [3.8, 4) is 0 Å². The molecule has 2 atom stereocenters. The van der Waals surface area contributed by atoms with Gasteiger partial charge >= 0.3 is 5.97 Å². The molecule has 0 bridgehead atoms. The summed E-state index contributed by atoms with van der Waals surface area (Å²) in [5, 5.41) is 22.4. The van der Waals surface area contributed by atoms with Crippen LogP contribution in [0.4, 0.5) is 5.82 Å². The standard InChI is InChI=1S/C12H14N4O4/c13-11-10-7(12(18)19)3-8(16(10)15-5-14-11)9-2-1-6(4-17)20-9/h3,5-6,9,17H,1-2,4H2,(H,18,19)(H2,13,14,15)/t6-,9+/m0/s1. The van der Waals surface area contributed by atoms with E-state index in [-0.39, 0.29) is 35.7 Å². The number of aliphatic hydroxyl groups is 1. The lowest BCUT2D eigenvalue weighted by Crippen LogP contribution is -2.12. The number of aliphatic hydroxyl groups excluding tert-OH is 1. The minimum Gasteiger partial charge on any atom is -0.478 e. The lowest BCUT2D eigenvalue weighted by atomic mass is 10.1. The largest absolute Gasteiger partial charge is 0.478 e. The van der Waals surface area contributed by atoms with E-state index in [1.807, 2.05) is 0 Å². The van der Waals surface area contributed by atoms with Gasteiger partial charge in [-0.05, 0) is 18.9 Å². The SMILES string of the molecule is Nc1ncnn2c([C@H]3CC[C@@H](CO)O3)cc(C(=O)O)c12. The van der Waals surface area contributed by atoms with E-state index in [0.717, 1.165) is 6.42 Å². The summed E-state index contributed by atoms with van der Waals surface area (Å²) in [6, 6.07) is 1.51. The maximum atomic E-state index is 11.3. The highest BCUT2D eigenvalue weighted by molar-refractivity contribution is 5.99. The van der Waals surface area contributed by atoms with Crippen molar-refractivity contribution in [3.05, 3.63) is 23.7 Å². The first-order valence-electron chi connectivity index (χ1n) is 6.23. The molecule has 0 radical (unpaired) electrons. The van der Waals surface area contributed by atoms with Gasteiger partial charge in [0.25, 0.3) is 0 Å². The number of hydrogen-bond acceptors (Lipinski definition) is 6. The highest BCUT2D eigenvalue weighted by atomic mass is 16.5. The Kier molecular flexibility index (Phi) is 3.03. The molecule has 1 aliphatic rings. The zero-order chi connectivity index (χ0) is 14.3. The monoisotopic (exact) mass is 278 g/mol. The fraction of sp³-hybridized carbons (Fsp3) is 0.417. The highest BCUT2D eigenvalue weighted by Gasteiger charge is 2.30. The Morgan fingerprint density at radius 3 is 3.00 bits per heavy atom. The van der Waals surface area contributed by atoms with Crippen LogP contribution < -0.4 is 5.73 Å². The molecular weight excluding hydrogens is 264 g/mol. The van der Waals surface area contributed by atoms with E-state index in [1.165, 1.54) is 16.9 Å². The maximum Gasteiger partial charge on any atom is 0.338 e. The number of hydrogen-bond donors (Lipinski definition) is 3. The van der Waals surface area contributed by atoms with E-state index in [0.29, 0.717) is 12.1 Å².